The van der Waals surface area contributed by atoms with E-state index in [0.29, 0.717) is 13.2 Å². The van der Waals surface area contributed by atoms with E-state index in [1.807, 2.05) is 6.92 Å². The van der Waals surface area contributed by atoms with E-state index < -0.39 is 5.97 Å². The van der Waals surface area contributed by atoms with Crippen molar-refractivity contribution in [2.45, 2.75) is 64.5 Å². The summed E-state index contributed by atoms with van der Waals surface area (Å²) in [6, 6.07) is -0.0724. The first-order chi connectivity index (χ1) is 9.96. The molecule has 1 aliphatic rings. The fourth-order valence-corrected chi connectivity index (χ4v) is 2.79. The van der Waals surface area contributed by atoms with Gasteiger partial charge in [0.05, 0.1) is 12.0 Å². The van der Waals surface area contributed by atoms with Gasteiger partial charge in [0.15, 0.2) is 0 Å². The second kappa shape index (κ2) is 8.22. The minimum Gasteiger partial charge on any atom is -0.481 e. The lowest BCUT2D eigenvalue weighted by Gasteiger charge is -2.40. The van der Waals surface area contributed by atoms with Crippen molar-refractivity contribution in [3.05, 3.63) is 0 Å². The molecule has 1 rings (SSSR count). The Labute approximate surface area is 126 Å². The van der Waals surface area contributed by atoms with Gasteiger partial charge in [-0.25, -0.2) is 4.79 Å². The standard InChI is InChI=1S/C15H28N2O4/c1-4-15(5-2)11-12(8-10-21-15)16-14(20)17(6-3)9-7-13(18)19/h12H,4-11H2,1-3H3,(H,16,20)(H,18,19). The number of aliphatic carboxylic acids is 1. The molecule has 0 aliphatic carbocycles. The molecular formula is C15H28N2O4. The summed E-state index contributed by atoms with van der Waals surface area (Å²) in [5, 5.41) is 11.7. The second-order valence-electron chi connectivity index (χ2n) is 5.60. The van der Waals surface area contributed by atoms with Crippen molar-refractivity contribution in [1.82, 2.24) is 10.2 Å². The Morgan fingerprint density at radius 1 is 1.33 bits per heavy atom. The third kappa shape index (κ3) is 5.19. The molecule has 1 saturated heterocycles. The van der Waals surface area contributed by atoms with E-state index in [4.69, 9.17) is 9.84 Å². The number of nitrogens with one attached hydrogen (secondary N) is 1. The second-order valence-corrected chi connectivity index (χ2v) is 5.60. The van der Waals surface area contributed by atoms with Gasteiger partial charge in [-0.05, 0) is 32.6 Å². The Hall–Kier alpha value is -1.30. The first-order valence-corrected chi connectivity index (χ1v) is 7.87. The van der Waals surface area contributed by atoms with E-state index in [1.54, 1.807) is 4.90 Å². The van der Waals surface area contributed by atoms with Gasteiger partial charge in [0.1, 0.15) is 0 Å². The zero-order valence-corrected chi connectivity index (χ0v) is 13.4. The highest BCUT2D eigenvalue weighted by molar-refractivity contribution is 5.75. The van der Waals surface area contributed by atoms with Crippen molar-refractivity contribution in [2.75, 3.05) is 19.7 Å². The van der Waals surface area contributed by atoms with Crippen LogP contribution in [-0.4, -0.2) is 53.3 Å². The van der Waals surface area contributed by atoms with Gasteiger partial charge in [-0.3, -0.25) is 4.79 Å². The topological polar surface area (TPSA) is 78.9 Å². The largest absolute Gasteiger partial charge is 0.481 e. The predicted molar refractivity (Wildman–Crippen MR) is 80.3 cm³/mol. The van der Waals surface area contributed by atoms with Gasteiger partial charge in [-0.1, -0.05) is 13.8 Å². The number of carbonyl (C=O) groups excluding carboxylic acids is 1. The predicted octanol–water partition coefficient (Wildman–Crippen LogP) is 2.23. The average Bonchev–Trinajstić information content (AvgIpc) is 2.47. The smallest absolute Gasteiger partial charge is 0.317 e. The summed E-state index contributed by atoms with van der Waals surface area (Å²) < 4.78 is 5.90. The number of hydrogen-bond acceptors (Lipinski definition) is 3. The van der Waals surface area contributed by atoms with E-state index >= 15 is 0 Å². The van der Waals surface area contributed by atoms with Crippen molar-refractivity contribution < 1.29 is 19.4 Å². The van der Waals surface area contributed by atoms with Crippen molar-refractivity contribution in [1.29, 1.82) is 0 Å². The van der Waals surface area contributed by atoms with E-state index in [-0.39, 0.29) is 30.6 Å². The molecule has 1 unspecified atom stereocenters. The fourth-order valence-electron chi connectivity index (χ4n) is 2.79. The van der Waals surface area contributed by atoms with Gasteiger partial charge >= 0.3 is 12.0 Å². The van der Waals surface area contributed by atoms with E-state index in [2.05, 4.69) is 19.2 Å². The maximum atomic E-state index is 12.2. The highest BCUT2D eigenvalue weighted by Gasteiger charge is 2.35. The zero-order chi connectivity index (χ0) is 15.9. The van der Waals surface area contributed by atoms with Crippen LogP contribution in [0.25, 0.3) is 0 Å². The van der Waals surface area contributed by atoms with Crippen molar-refractivity contribution in [3.63, 3.8) is 0 Å². The van der Waals surface area contributed by atoms with Crippen LogP contribution in [0.3, 0.4) is 0 Å². The van der Waals surface area contributed by atoms with Crippen LogP contribution in [0.15, 0.2) is 0 Å². The van der Waals surface area contributed by atoms with E-state index in [1.165, 1.54) is 0 Å². The summed E-state index contributed by atoms with van der Waals surface area (Å²) >= 11 is 0. The molecule has 6 nitrogen and oxygen atoms in total. The molecule has 0 saturated carbocycles. The molecule has 0 bridgehead atoms. The number of rotatable bonds is 7. The SMILES string of the molecule is CCN(CCC(=O)O)C(=O)NC1CCOC(CC)(CC)C1. The van der Waals surface area contributed by atoms with E-state index in [9.17, 15) is 9.59 Å². The maximum Gasteiger partial charge on any atom is 0.317 e. The summed E-state index contributed by atoms with van der Waals surface area (Å²) in [6.45, 7) is 7.49. The lowest BCUT2D eigenvalue weighted by molar-refractivity contribution is -0.137. The highest BCUT2D eigenvalue weighted by atomic mass is 16.5. The molecule has 1 fully saturated rings. The van der Waals surface area contributed by atoms with Crippen molar-refractivity contribution in [3.8, 4) is 0 Å². The van der Waals surface area contributed by atoms with Gasteiger partial charge in [0.25, 0.3) is 0 Å². The Kier molecular flexibility index (Phi) is 6.95. The summed E-state index contributed by atoms with van der Waals surface area (Å²) in [6.07, 6.45) is 3.48. The normalized spacial score (nSPS) is 20.8. The number of hydrogen-bond donors (Lipinski definition) is 2. The molecule has 0 aromatic carbocycles. The first-order valence-electron chi connectivity index (χ1n) is 7.87. The molecule has 0 aromatic rings. The van der Waals surface area contributed by atoms with Crippen LogP contribution >= 0.6 is 0 Å². The molecule has 6 heteroatoms. The van der Waals surface area contributed by atoms with Crippen LogP contribution in [0, 0.1) is 0 Å². The highest BCUT2D eigenvalue weighted by Crippen LogP contribution is 2.31. The molecule has 0 aromatic heterocycles. The van der Waals surface area contributed by atoms with Gasteiger partial charge in [0.2, 0.25) is 0 Å². The molecule has 1 atom stereocenters. The Morgan fingerprint density at radius 3 is 2.52 bits per heavy atom. The summed E-state index contributed by atoms with van der Waals surface area (Å²) in [4.78, 5) is 24.4. The number of nitrogens with zero attached hydrogens (tertiary/aromatic N) is 1. The van der Waals surface area contributed by atoms with Crippen LogP contribution in [-0.2, 0) is 9.53 Å². The van der Waals surface area contributed by atoms with Crippen LogP contribution in [0.2, 0.25) is 0 Å². The number of ether oxygens (including phenoxy) is 1. The molecule has 1 aliphatic heterocycles. The molecule has 1 heterocycles. The molecule has 0 radical (unpaired) electrons. The number of amides is 2. The number of carboxylic acids is 1. The lowest BCUT2D eigenvalue weighted by Crippen LogP contribution is -2.51. The third-order valence-electron chi connectivity index (χ3n) is 4.37. The Balaban J connectivity index is 2.54. The zero-order valence-electron chi connectivity index (χ0n) is 13.4. The monoisotopic (exact) mass is 300 g/mol. The van der Waals surface area contributed by atoms with Crippen molar-refractivity contribution in [2.24, 2.45) is 0 Å². The third-order valence-corrected chi connectivity index (χ3v) is 4.37. The Morgan fingerprint density at radius 2 is 2.00 bits per heavy atom. The minimum absolute atomic E-state index is 0.0249. The van der Waals surface area contributed by atoms with Gasteiger partial charge in [0, 0.05) is 25.7 Å². The molecule has 2 N–H and O–H groups in total. The summed E-state index contributed by atoms with van der Waals surface area (Å²) in [5.41, 5.74) is -0.131. The fraction of sp³-hybridized carbons (Fsp3) is 0.867. The maximum absolute atomic E-state index is 12.2. The summed E-state index contributed by atoms with van der Waals surface area (Å²) in [7, 11) is 0. The number of carbonyl (C=O) groups is 2. The van der Waals surface area contributed by atoms with Crippen LogP contribution in [0.5, 0.6) is 0 Å². The quantitative estimate of drug-likeness (QED) is 0.755. The van der Waals surface area contributed by atoms with E-state index in [0.717, 1.165) is 25.7 Å². The first kappa shape index (κ1) is 17.8. The number of urea groups is 1. The molecule has 21 heavy (non-hydrogen) atoms. The molecular weight excluding hydrogens is 272 g/mol. The van der Waals surface area contributed by atoms with Crippen LogP contribution in [0.4, 0.5) is 4.79 Å². The molecule has 2 amide bonds. The lowest BCUT2D eigenvalue weighted by atomic mass is 9.86. The minimum atomic E-state index is -0.886. The van der Waals surface area contributed by atoms with Gasteiger partial charge in [-0.15, -0.1) is 0 Å². The Bertz CT molecular complexity index is 356. The van der Waals surface area contributed by atoms with Gasteiger partial charge < -0.3 is 20.1 Å². The summed E-state index contributed by atoms with van der Waals surface area (Å²) in [5.74, 6) is -0.886. The van der Waals surface area contributed by atoms with Crippen LogP contribution in [0.1, 0.15) is 52.9 Å². The van der Waals surface area contributed by atoms with Gasteiger partial charge in [-0.2, -0.15) is 0 Å². The van der Waals surface area contributed by atoms with Crippen LogP contribution < -0.4 is 5.32 Å². The average molecular weight is 300 g/mol. The van der Waals surface area contributed by atoms with Crippen molar-refractivity contribution >= 4 is 12.0 Å². The molecule has 122 valence electrons. The molecule has 0 spiro atoms. The number of carboxylic acid groups (broad SMARTS) is 1.